The quantitative estimate of drug-likeness (QED) is 0.318. The number of hydrogen-bond acceptors (Lipinski definition) is 3. The van der Waals surface area contributed by atoms with Crippen molar-refractivity contribution in [1.29, 1.82) is 0 Å². The Morgan fingerprint density at radius 2 is 1.72 bits per heavy atom. The molecule has 3 fully saturated rings. The molecular weight excluding hydrogens is 414 g/mol. The zero-order chi connectivity index (χ0) is 23.7. The Kier molecular flexibility index (Phi) is 8.04. The molecule has 3 saturated carbocycles. The van der Waals surface area contributed by atoms with Crippen LogP contribution >= 0.6 is 0 Å². The first-order valence-electron chi connectivity index (χ1n) is 13.3. The van der Waals surface area contributed by atoms with E-state index in [4.69, 9.17) is 4.43 Å². The van der Waals surface area contributed by atoms with Crippen molar-refractivity contribution in [2.45, 2.75) is 110 Å². The van der Waals surface area contributed by atoms with E-state index in [1.165, 1.54) is 50.2 Å². The van der Waals surface area contributed by atoms with E-state index in [2.05, 4.69) is 40.7 Å². The van der Waals surface area contributed by atoms with Crippen LogP contribution < -0.4 is 0 Å². The summed E-state index contributed by atoms with van der Waals surface area (Å²) < 4.78 is 7.07. The van der Waals surface area contributed by atoms with Crippen LogP contribution in [0.15, 0.2) is 12.2 Å². The molecule has 3 aliphatic rings. The van der Waals surface area contributed by atoms with Crippen LogP contribution in [-0.2, 0) is 9.22 Å². The molecule has 0 heterocycles. The number of aliphatic hydroxyl groups is 1. The fraction of sp³-hybridized carbons (Fsp3) is 0.889. The van der Waals surface area contributed by atoms with Crippen LogP contribution in [0.5, 0.6) is 0 Å². The van der Waals surface area contributed by atoms with Crippen LogP contribution in [0.3, 0.4) is 0 Å². The second kappa shape index (κ2) is 9.91. The highest BCUT2D eigenvalue weighted by molar-refractivity contribution is 6.73. The molecule has 0 spiro atoms. The van der Waals surface area contributed by atoms with Gasteiger partial charge in [0, 0.05) is 20.2 Å². The summed E-state index contributed by atoms with van der Waals surface area (Å²) >= 11 is 0. The van der Waals surface area contributed by atoms with E-state index in [-0.39, 0.29) is 5.91 Å². The van der Waals surface area contributed by atoms with Gasteiger partial charge in [-0.2, -0.15) is 0 Å². The highest BCUT2D eigenvalue weighted by Crippen LogP contribution is 2.59. The van der Waals surface area contributed by atoms with Gasteiger partial charge in [-0.3, -0.25) is 4.79 Å². The van der Waals surface area contributed by atoms with Gasteiger partial charge in [-0.1, -0.05) is 53.2 Å². The van der Waals surface area contributed by atoms with Gasteiger partial charge in [0.25, 0.3) is 0 Å². The van der Waals surface area contributed by atoms with E-state index in [1.54, 1.807) is 19.0 Å². The Morgan fingerprint density at radius 1 is 1.09 bits per heavy atom. The summed E-state index contributed by atoms with van der Waals surface area (Å²) in [7, 11) is 1.98. The van der Waals surface area contributed by atoms with Crippen molar-refractivity contribution in [1.82, 2.24) is 4.90 Å². The fourth-order valence-corrected chi connectivity index (χ4v) is 10.2. The van der Waals surface area contributed by atoms with E-state index in [0.29, 0.717) is 29.3 Å². The topological polar surface area (TPSA) is 49.8 Å². The van der Waals surface area contributed by atoms with E-state index in [9.17, 15) is 9.90 Å². The standard InChI is InChI=1S/C27H49NO3Si/c1-8-32(9-2,10-3)31-23-12-11-17-26(5)21(14-15-22(23)26)20(4)13-16-24(29)27(18-19-27)25(30)28(6)7/h13,16,20-24,29H,8-12,14-15,17-19H2,1-7H3/b16-13+/t20-,21?,22+,23-,24+,26-/m1/s1. The minimum Gasteiger partial charge on any atom is -0.414 e. The third-order valence-corrected chi connectivity index (χ3v) is 14.6. The molecular formula is C27H49NO3Si. The van der Waals surface area contributed by atoms with Gasteiger partial charge < -0.3 is 14.4 Å². The Hall–Kier alpha value is -0.653. The van der Waals surface area contributed by atoms with Gasteiger partial charge in [-0.05, 0) is 79.8 Å². The first-order chi connectivity index (χ1) is 15.1. The lowest BCUT2D eigenvalue weighted by Gasteiger charge is -2.48. The van der Waals surface area contributed by atoms with Crippen LogP contribution in [0, 0.1) is 28.6 Å². The second-order valence-electron chi connectivity index (χ2n) is 11.6. The first-order valence-corrected chi connectivity index (χ1v) is 15.9. The number of aliphatic hydroxyl groups excluding tert-OH is 1. The maximum atomic E-state index is 12.6. The molecule has 1 amide bonds. The van der Waals surface area contributed by atoms with Gasteiger partial charge in [0.05, 0.1) is 11.5 Å². The summed E-state index contributed by atoms with van der Waals surface area (Å²) in [5.41, 5.74) is -0.246. The predicted molar refractivity (Wildman–Crippen MR) is 135 cm³/mol. The third-order valence-electron chi connectivity index (χ3n) is 9.89. The fourth-order valence-electron chi connectivity index (χ4n) is 7.30. The molecule has 3 aliphatic carbocycles. The highest BCUT2D eigenvalue weighted by Gasteiger charge is 2.56. The minimum atomic E-state index is -1.59. The molecule has 0 saturated heterocycles. The highest BCUT2D eigenvalue weighted by atomic mass is 28.4. The van der Waals surface area contributed by atoms with E-state index >= 15 is 0 Å². The lowest BCUT2D eigenvalue weighted by atomic mass is 9.62. The van der Waals surface area contributed by atoms with Crippen LogP contribution in [-0.4, -0.2) is 50.5 Å². The molecule has 3 rings (SSSR count). The average Bonchev–Trinajstić information content (AvgIpc) is 3.51. The summed E-state index contributed by atoms with van der Waals surface area (Å²) in [6, 6.07) is 3.69. The second-order valence-corrected chi connectivity index (χ2v) is 16.4. The van der Waals surface area contributed by atoms with Gasteiger partial charge in [0.2, 0.25) is 5.91 Å². The summed E-state index contributed by atoms with van der Waals surface area (Å²) in [6.07, 6.45) is 11.9. The minimum absolute atomic E-state index is 0.0675. The number of amides is 1. The summed E-state index contributed by atoms with van der Waals surface area (Å²) in [6.45, 7) is 11.9. The SMILES string of the molecule is CC[Si](CC)(CC)O[C@@H]1CCC[C@]2(C)C([C@H](C)/C=C/[C@H](O)C3(C(=O)N(C)C)CC3)CC[C@@H]12. The summed E-state index contributed by atoms with van der Waals surface area (Å²) in [5, 5.41) is 10.8. The molecule has 0 aliphatic heterocycles. The molecule has 0 aromatic carbocycles. The monoisotopic (exact) mass is 463 g/mol. The molecule has 1 unspecified atom stereocenters. The Bertz CT molecular complexity index is 676. The normalized spacial score (nSPS) is 33.7. The van der Waals surface area contributed by atoms with Crippen molar-refractivity contribution < 1.29 is 14.3 Å². The molecule has 4 nitrogen and oxygen atoms in total. The molecule has 0 aromatic rings. The van der Waals surface area contributed by atoms with E-state index < -0.39 is 19.8 Å². The molecule has 0 aromatic heterocycles. The molecule has 184 valence electrons. The van der Waals surface area contributed by atoms with Crippen LogP contribution in [0.4, 0.5) is 0 Å². The largest absolute Gasteiger partial charge is 0.414 e. The van der Waals surface area contributed by atoms with Crippen molar-refractivity contribution in [3.63, 3.8) is 0 Å². The average molecular weight is 464 g/mol. The molecule has 32 heavy (non-hydrogen) atoms. The zero-order valence-corrected chi connectivity index (χ0v) is 22.8. The van der Waals surface area contributed by atoms with Gasteiger partial charge >= 0.3 is 0 Å². The molecule has 0 radical (unpaired) electrons. The number of allylic oxidation sites excluding steroid dienone is 1. The van der Waals surface area contributed by atoms with Gasteiger partial charge in [0.15, 0.2) is 8.32 Å². The molecule has 0 bridgehead atoms. The molecule has 5 heteroatoms. The number of fused-ring (bicyclic) bond motifs is 1. The van der Waals surface area contributed by atoms with Gasteiger partial charge in [-0.15, -0.1) is 0 Å². The Morgan fingerprint density at radius 3 is 2.25 bits per heavy atom. The molecule has 6 atom stereocenters. The predicted octanol–water partition coefficient (Wildman–Crippen LogP) is 6.01. The van der Waals surface area contributed by atoms with Crippen LogP contribution in [0.2, 0.25) is 18.1 Å². The number of carbonyl (C=O) groups excluding carboxylic acids is 1. The van der Waals surface area contributed by atoms with Crippen molar-refractivity contribution in [3.05, 3.63) is 12.2 Å². The Balaban J connectivity index is 1.69. The van der Waals surface area contributed by atoms with Crippen molar-refractivity contribution >= 4 is 14.2 Å². The smallest absolute Gasteiger partial charge is 0.231 e. The summed E-state index contributed by atoms with van der Waals surface area (Å²) in [5.74, 6) is 1.78. The number of hydrogen-bond donors (Lipinski definition) is 1. The Labute approximate surface area is 198 Å². The molecule has 1 N–H and O–H groups in total. The third kappa shape index (κ3) is 4.63. The van der Waals surface area contributed by atoms with E-state index in [1.807, 2.05) is 6.08 Å². The number of rotatable bonds is 10. The maximum Gasteiger partial charge on any atom is 0.231 e. The lowest BCUT2D eigenvalue weighted by molar-refractivity contribution is -0.137. The number of carbonyl (C=O) groups is 1. The van der Waals surface area contributed by atoms with Crippen molar-refractivity contribution in [2.75, 3.05) is 14.1 Å². The zero-order valence-electron chi connectivity index (χ0n) is 21.8. The van der Waals surface area contributed by atoms with Crippen LogP contribution in [0.1, 0.15) is 79.6 Å². The summed E-state index contributed by atoms with van der Waals surface area (Å²) in [4.78, 5) is 14.2. The number of nitrogens with zero attached hydrogens (tertiary/aromatic N) is 1. The van der Waals surface area contributed by atoms with Crippen molar-refractivity contribution in [2.24, 2.45) is 28.6 Å². The van der Waals surface area contributed by atoms with Crippen LogP contribution in [0.25, 0.3) is 0 Å². The van der Waals surface area contributed by atoms with Gasteiger partial charge in [0.1, 0.15) is 0 Å². The van der Waals surface area contributed by atoms with Gasteiger partial charge in [-0.25, -0.2) is 0 Å². The van der Waals surface area contributed by atoms with Crippen molar-refractivity contribution in [3.8, 4) is 0 Å². The first kappa shape index (κ1) is 26.0. The maximum absolute atomic E-state index is 12.6. The van der Waals surface area contributed by atoms with E-state index in [0.717, 1.165) is 12.8 Å². The lowest BCUT2D eigenvalue weighted by Crippen LogP contribution is -2.48.